The number of benzene rings is 2. The van der Waals surface area contributed by atoms with E-state index < -0.39 is 0 Å². The van der Waals surface area contributed by atoms with Crippen molar-refractivity contribution in [1.82, 2.24) is 4.98 Å². The molecule has 0 saturated carbocycles. The molecule has 0 aliphatic carbocycles. The van der Waals surface area contributed by atoms with Crippen LogP contribution in [0.15, 0.2) is 42.6 Å². The van der Waals surface area contributed by atoms with Crippen LogP contribution < -0.4 is 15.8 Å². The van der Waals surface area contributed by atoms with Crippen molar-refractivity contribution in [1.29, 1.82) is 0 Å². The molecule has 0 amide bonds. The van der Waals surface area contributed by atoms with Crippen LogP contribution in [-0.2, 0) is 6.42 Å². The molecule has 1 aromatic heterocycles. The number of aromatic nitrogens is 1. The molecule has 0 aliphatic rings. The Kier molecular flexibility index (Phi) is 6.75. The second kappa shape index (κ2) is 9.02. The van der Waals surface area contributed by atoms with Crippen LogP contribution in [-0.4, -0.2) is 18.6 Å². The fraction of sp³-hybridized carbons (Fsp3) is 0.333. The predicted octanol–water partition coefficient (Wildman–Crippen LogP) is 5.14. The van der Waals surface area contributed by atoms with Gasteiger partial charge >= 0.3 is 0 Å². The maximum Gasteiger partial charge on any atom is 0.120 e. The number of methoxy groups -OCH3 is 1. The van der Waals surface area contributed by atoms with Gasteiger partial charge in [-0.05, 0) is 54.8 Å². The zero-order valence-corrected chi connectivity index (χ0v) is 15.6. The highest BCUT2D eigenvalue weighted by Gasteiger charge is 2.05. The SMILES string of the molecule is CCC.COc1ccc2c(CCNc3ccc(N)cc3C)c[nH]c2c1. The number of fused-ring (bicyclic) bond motifs is 1. The number of aryl methyl sites for hydroxylation is 1. The smallest absolute Gasteiger partial charge is 0.120 e. The van der Waals surface area contributed by atoms with Gasteiger partial charge in [-0.1, -0.05) is 20.3 Å². The van der Waals surface area contributed by atoms with E-state index in [4.69, 9.17) is 10.5 Å². The van der Waals surface area contributed by atoms with E-state index in [9.17, 15) is 0 Å². The van der Waals surface area contributed by atoms with E-state index in [0.29, 0.717) is 0 Å². The average Bonchev–Trinajstić information content (AvgIpc) is 3.00. The molecule has 25 heavy (non-hydrogen) atoms. The van der Waals surface area contributed by atoms with Crippen LogP contribution >= 0.6 is 0 Å². The Hall–Kier alpha value is -2.62. The van der Waals surface area contributed by atoms with E-state index in [2.05, 4.69) is 43.3 Å². The standard InChI is InChI=1S/C18H21N3O.C3H8/c1-12-9-14(19)3-6-17(12)20-8-7-13-11-21-18-10-15(22-2)4-5-16(13)18;1-3-2/h3-6,9-11,20-21H,7-8,19H2,1-2H3;3H2,1-2H3. The van der Waals surface area contributed by atoms with Gasteiger partial charge < -0.3 is 20.8 Å². The Balaban J connectivity index is 0.000000701. The molecule has 0 unspecified atom stereocenters. The molecule has 0 saturated heterocycles. The highest BCUT2D eigenvalue weighted by atomic mass is 16.5. The Morgan fingerprint density at radius 3 is 2.56 bits per heavy atom. The third-order valence-electron chi connectivity index (χ3n) is 3.93. The fourth-order valence-electron chi connectivity index (χ4n) is 2.72. The lowest BCUT2D eigenvalue weighted by Gasteiger charge is -2.10. The normalized spacial score (nSPS) is 10.2. The molecular formula is C21H29N3O. The lowest BCUT2D eigenvalue weighted by molar-refractivity contribution is 0.415. The van der Waals surface area contributed by atoms with Gasteiger partial charge in [-0.2, -0.15) is 0 Å². The van der Waals surface area contributed by atoms with Gasteiger partial charge in [0, 0.05) is 41.1 Å². The summed E-state index contributed by atoms with van der Waals surface area (Å²) in [6.45, 7) is 7.19. The zero-order chi connectivity index (χ0) is 18.2. The minimum absolute atomic E-state index is 0.800. The van der Waals surface area contributed by atoms with Gasteiger partial charge in [-0.25, -0.2) is 0 Å². The highest BCUT2D eigenvalue weighted by molar-refractivity contribution is 5.84. The number of nitrogens with one attached hydrogen (secondary N) is 2. The van der Waals surface area contributed by atoms with E-state index in [1.165, 1.54) is 22.9 Å². The average molecular weight is 339 g/mol. The lowest BCUT2D eigenvalue weighted by Crippen LogP contribution is -2.06. The number of hydrogen-bond acceptors (Lipinski definition) is 3. The van der Waals surface area contributed by atoms with Crippen LogP contribution in [0.4, 0.5) is 11.4 Å². The van der Waals surface area contributed by atoms with Gasteiger partial charge in [0.05, 0.1) is 7.11 Å². The number of anilines is 2. The van der Waals surface area contributed by atoms with Crippen molar-refractivity contribution in [3.05, 3.63) is 53.7 Å². The van der Waals surface area contributed by atoms with Gasteiger partial charge in [-0.3, -0.25) is 0 Å². The van der Waals surface area contributed by atoms with Crippen molar-refractivity contribution in [2.45, 2.75) is 33.6 Å². The largest absolute Gasteiger partial charge is 0.497 e. The van der Waals surface area contributed by atoms with Crippen molar-refractivity contribution in [3.63, 3.8) is 0 Å². The van der Waals surface area contributed by atoms with Crippen molar-refractivity contribution in [2.24, 2.45) is 0 Å². The molecule has 0 spiro atoms. The van der Waals surface area contributed by atoms with E-state index in [-0.39, 0.29) is 0 Å². The van der Waals surface area contributed by atoms with Crippen LogP contribution in [0.1, 0.15) is 31.4 Å². The first-order chi connectivity index (χ1) is 12.1. The van der Waals surface area contributed by atoms with Gasteiger partial charge in [0.1, 0.15) is 5.75 Å². The fourth-order valence-corrected chi connectivity index (χ4v) is 2.72. The first kappa shape index (κ1) is 18.7. The second-order valence-electron chi connectivity index (χ2n) is 6.18. The molecule has 0 aliphatic heterocycles. The Labute approximate surface area is 150 Å². The van der Waals surface area contributed by atoms with Crippen molar-refractivity contribution >= 4 is 22.3 Å². The molecule has 134 valence electrons. The van der Waals surface area contributed by atoms with Crippen molar-refractivity contribution < 1.29 is 4.74 Å². The van der Waals surface area contributed by atoms with Gasteiger partial charge in [0.25, 0.3) is 0 Å². The molecule has 3 rings (SSSR count). The van der Waals surface area contributed by atoms with E-state index in [1.54, 1.807) is 7.11 Å². The van der Waals surface area contributed by atoms with Gasteiger partial charge in [0.15, 0.2) is 0 Å². The predicted molar refractivity (Wildman–Crippen MR) is 109 cm³/mol. The number of H-pyrrole nitrogens is 1. The molecule has 0 bridgehead atoms. The monoisotopic (exact) mass is 339 g/mol. The lowest BCUT2D eigenvalue weighted by atomic mass is 10.1. The number of nitrogen functional groups attached to an aromatic ring is 1. The summed E-state index contributed by atoms with van der Waals surface area (Å²) in [5, 5.41) is 4.72. The first-order valence-electron chi connectivity index (χ1n) is 8.83. The maximum absolute atomic E-state index is 5.78. The third kappa shape index (κ3) is 4.92. The second-order valence-corrected chi connectivity index (χ2v) is 6.18. The summed E-state index contributed by atoms with van der Waals surface area (Å²) in [4.78, 5) is 3.31. The Morgan fingerprint density at radius 1 is 1.12 bits per heavy atom. The topological polar surface area (TPSA) is 63.1 Å². The molecule has 4 nitrogen and oxygen atoms in total. The van der Waals surface area contributed by atoms with E-state index in [1.807, 2.05) is 30.3 Å². The van der Waals surface area contributed by atoms with E-state index >= 15 is 0 Å². The summed E-state index contributed by atoms with van der Waals surface area (Å²) in [7, 11) is 1.68. The quantitative estimate of drug-likeness (QED) is 0.564. The maximum atomic E-state index is 5.78. The minimum Gasteiger partial charge on any atom is -0.497 e. The third-order valence-corrected chi connectivity index (χ3v) is 3.93. The van der Waals surface area contributed by atoms with Crippen molar-refractivity contribution in [3.8, 4) is 5.75 Å². The molecule has 4 N–H and O–H groups in total. The Bertz CT molecular complexity index is 808. The summed E-state index contributed by atoms with van der Waals surface area (Å²) in [5.74, 6) is 0.872. The molecule has 2 aromatic carbocycles. The Morgan fingerprint density at radius 2 is 1.88 bits per heavy atom. The molecule has 4 heteroatoms. The van der Waals surface area contributed by atoms with Crippen LogP contribution in [0.3, 0.4) is 0 Å². The summed E-state index contributed by atoms with van der Waals surface area (Å²) >= 11 is 0. The summed E-state index contributed by atoms with van der Waals surface area (Å²) in [5.41, 5.74) is 11.3. The molecule has 1 heterocycles. The molecule has 0 fully saturated rings. The van der Waals surface area contributed by atoms with Gasteiger partial charge in [-0.15, -0.1) is 0 Å². The van der Waals surface area contributed by atoms with Gasteiger partial charge in [0.2, 0.25) is 0 Å². The number of hydrogen-bond donors (Lipinski definition) is 3. The summed E-state index contributed by atoms with van der Waals surface area (Å²) in [6, 6.07) is 12.1. The minimum atomic E-state index is 0.800. The van der Waals surface area contributed by atoms with Crippen LogP contribution in [0.5, 0.6) is 5.75 Å². The highest BCUT2D eigenvalue weighted by Crippen LogP contribution is 2.24. The van der Waals surface area contributed by atoms with Crippen LogP contribution in [0, 0.1) is 6.92 Å². The molecule has 0 radical (unpaired) electrons. The van der Waals surface area contributed by atoms with Crippen LogP contribution in [0.25, 0.3) is 10.9 Å². The number of aromatic amines is 1. The summed E-state index contributed by atoms with van der Waals surface area (Å²) in [6.07, 6.45) is 4.28. The number of rotatable bonds is 5. The molecule has 3 aromatic rings. The zero-order valence-electron chi connectivity index (χ0n) is 15.6. The van der Waals surface area contributed by atoms with E-state index in [0.717, 1.165) is 35.6 Å². The van der Waals surface area contributed by atoms with Crippen molar-refractivity contribution in [2.75, 3.05) is 24.7 Å². The number of ether oxygens (including phenoxy) is 1. The molecule has 0 atom stereocenters. The summed E-state index contributed by atoms with van der Waals surface area (Å²) < 4.78 is 5.25. The molecular weight excluding hydrogens is 310 g/mol. The number of nitrogens with two attached hydrogens (primary N) is 1. The van der Waals surface area contributed by atoms with Crippen LogP contribution in [0.2, 0.25) is 0 Å². The first-order valence-corrected chi connectivity index (χ1v) is 8.83.